The maximum absolute atomic E-state index is 12.6. The highest BCUT2D eigenvalue weighted by Crippen LogP contribution is 2.34. The molecule has 0 atom stereocenters. The SMILES string of the molecule is Cc1cc(CCCOc2c(C)cc(-c3noc(C(F)(F)F)n3)cc2C)no1.Cc1cc(CCCOc2c(C)cc(-c3noc(C(F)(F)F)n3)cc2C)on1. The van der Waals surface area contributed by atoms with E-state index in [4.69, 9.17) is 18.5 Å². The lowest BCUT2D eigenvalue weighted by Crippen LogP contribution is -2.05. The summed E-state index contributed by atoms with van der Waals surface area (Å²) in [7, 11) is 0. The number of alkyl halides is 6. The fraction of sp³-hybridized carbons (Fsp3) is 0.389. The Kier molecular flexibility index (Phi) is 12.1. The Hall–Kier alpha value is -5.68. The molecule has 0 amide bonds. The summed E-state index contributed by atoms with van der Waals surface area (Å²) in [6.45, 7) is 11.9. The van der Waals surface area contributed by atoms with Gasteiger partial charge in [-0.3, -0.25) is 0 Å². The largest absolute Gasteiger partial charge is 0.493 e. The van der Waals surface area contributed by atoms with Crippen LogP contribution >= 0.6 is 0 Å². The molecule has 6 rings (SSSR count). The molecule has 0 N–H and O–H groups in total. The van der Waals surface area contributed by atoms with Gasteiger partial charge in [-0.25, -0.2) is 0 Å². The van der Waals surface area contributed by atoms with Gasteiger partial charge in [-0.2, -0.15) is 36.3 Å². The van der Waals surface area contributed by atoms with Gasteiger partial charge < -0.3 is 27.6 Å². The van der Waals surface area contributed by atoms with Crippen molar-refractivity contribution in [3.05, 3.63) is 93.3 Å². The summed E-state index contributed by atoms with van der Waals surface area (Å²) in [5.74, 6) is -0.00303. The average molecular weight is 763 g/mol. The van der Waals surface area contributed by atoms with E-state index in [-0.39, 0.29) is 11.6 Å². The van der Waals surface area contributed by atoms with Crippen LogP contribution in [0.4, 0.5) is 26.3 Å². The molecule has 0 aliphatic rings. The van der Waals surface area contributed by atoms with Crippen LogP contribution in [-0.4, -0.2) is 43.8 Å². The van der Waals surface area contributed by atoms with Crippen molar-refractivity contribution in [1.82, 2.24) is 30.6 Å². The summed E-state index contributed by atoms with van der Waals surface area (Å²) in [6, 6.07) is 10.5. The standard InChI is InChI=1S/2C18H18F3N3O3/c1-10-7-13(16-22-17(27-24-16)18(19,20)21)8-11(2)15(10)25-6-4-5-14-9-12(3)26-23-14;1-10-7-13(16-22-17(27-24-16)18(19,20)21)8-11(2)15(10)25-6-4-5-14-9-12(3)23-26-14/h2*7-9H,4-6H2,1-3H3. The number of aromatic nitrogens is 6. The molecule has 0 saturated carbocycles. The second-order valence-electron chi connectivity index (χ2n) is 12.5. The normalized spacial score (nSPS) is 11.8. The van der Waals surface area contributed by atoms with E-state index in [1.807, 2.05) is 53.7 Å². The van der Waals surface area contributed by atoms with Gasteiger partial charge in [-0.15, -0.1) is 0 Å². The van der Waals surface area contributed by atoms with E-state index >= 15 is 0 Å². The minimum atomic E-state index is -4.67. The molecule has 18 heteroatoms. The number of halogens is 6. The molecule has 0 spiro atoms. The molecule has 0 bridgehead atoms. The molecule has 4 aromatic heterocycles. The van der Waals surface area contributed by atoms with E-state index in [1.54, 1.807) is 24.3 Å². The molecule has 2 aromatic carbocycles. The summed E-state index contributed by atoms with van der Waals surface area (Å²) in [4.78, 5) is 6.83. The molecule has 0 saturated heterocycles. The van der Waals surface area contributed by atoms with Crippen molar-refractivity contribution in [1.29, 1.82) is 0 Å². The third-order valence-corrected chi connectivity index (χ3v) is 7.77. The van der Waals surface area contributed by atoms with Crippen LogP contribution in [-0.2, 0) is 25.2 Å². The number of aryl methyl sites for hydroxylation is 8. The second kappa shape index (κ2) is 16.6. The maximum atomic E-state index is 12.6. The fourth-order valence-corrected chi connectivity index (χ4v) is 5.44. The van der Waals surface area contributed by atoms with Crippen LogP contribution in [0, 0.1) is 41.5 Å². The average Bonchev–Trinajstić information content (AvgIpc) is 3.91. The van der Waals surface area contributed by atoms with Crippen molar-refractivity contribution in [2.45, 2.75) is 79.6 Å². The van der Waals surface area contributed by atoms with Crippen LogP contribution in [0.5, 0.6) is 11.5 Å². The van der Waals surface area contributed by atoms with Crippen LogP contribution in [0.15, 0.2) is 54.5 Å². The zero-order valence-corrected chi connectivity index (χ0v) is 30.1. The predicted octanol–water partition coefficient (Wildman–Crippen LogP) is 9.36. The van der Waals surface area contributed by atoms with Crippen molar-refractivity contribution in [3.63, 3.8) is 0 Å². The Morgan fingerprint density at radius 3 is 1.37 bits per heavy atom. The zero-order valence-electron chi connectivity index (χ0n) is 30.1. The molecular formula is C36H36F6N6O6. The van der Waals surface area contributed by atoms with Crippen molar-refractivity contribution in [2.75, 3.05) is 13.2 Å². The first-order valence-electron chi connectivity index (χ1n) is 16.6. The van der Waals surface area contributed by atoms with Gasteiger partial charge in [-0.1, -0.05) is 20.6 Å². The van der Waals surface area contributed by atoms with E-state index in [9.17, 15) is 26.3 Å². The number of benzene rings is 2. The van der Waals surface area contributed by atoms with Crippen LogP contribution < -0.4 is 9.47 Å². The molecule has 6 aromatic rings. The molecule has 0 aliphatic heterocycles. The molecule has 0 unspecified atom stereocenters. The smallest absolute Gasteiger partial charge is 0.471 e. The highest BCUT2D eigenvalue weighted by atomic mass is 19.4. The molecule has 0 fully saturated rings. The molecule has 288 valence electrons. The number of rotatable bonds is 12. The molecule has 0 aliphatic carbocycles. The highest BCUT2D eigenvalue weighted by molar-refractivity contribution is 5.62. The highest BCUT2D eigenvalue weighted by Gasteiger charge is 2.39. The van der Waals surface area contributed by atoms with Gasteiger partial charge in [0.25, 0.3) is 0 Å². The first-order valence-corrected chi connectivity index (χ1v) is 16.6. The Labute approximate surface area is 304 Å². The minimum absolute atomic E-state index is 0.110. The quantitative estimate of drug-likeness (QED) is 0.0864. The van der Waals surface area contributed by atoms with Crippen LogP contribution in [0.2, 0.25) is 0 Å². The summed E-state index contributed by atoms with van der Waals surface area (Å²) < 4.78 is 106. The second-order valence-corrected chi connectivity index (χ2v) is 12.5. The molecule has 4 heterocycles. The minimum Gasteiger partial charge on any atom is -0.493 e. The first kappa shape index (κ1) is 39.5. The van der Waals surface area contributed by atoms with Crippen molar-refractivity contribution < 1.29 is 53.9 Å². The Bertz CT molecular complexity index is 1970. The topological polar surface area (TPSA) is 148 Å². The summed E-state index contributed by atoms with van der Waals surface area (Å²) in [6.07, 6.45) is -6.39. The molecular weight excluding hydrogens is 726 g/mol. The third-order valence-electron chi connectivity index (χ3n) is 7.77. The summed E-state index contributed by atoms with van der Waals surface area (Å²) in [5.41, 5.74) is 5.70. The number of ether oxygens (including phenoxy) is 2. The number of hydrogen-bond acceptors (Lipinski definition) is 12. The van der Waals surface area contributed by atoms with Gasteiger partial charge in [0, 0.05) is 29.7 Å². The van der Waals surface area contributed by atoms with E-state index in [2.05, 4.69) is 39.6 Å². The lowest BCUT2D eigenvalue weighted by molar-refractivity contribution is -0.160. The lowest BCUT2D eigenvalue weighted by Gasteiger charge is -2.13. The van der Waals surface area contributed by atoms with Gasteiger partial charge in [-0.05, 0) is 107 Å². The van der Waals surface area contributed by atoms with Gasteiger partial charge in [0.05, 0.1) is 24.6 Å². The van der Waals surface area contributed by atoms with Crippen LogP contribution in [0.1, 0.15) is 69.8 Å². The molecule has 12 nitrogen and oxygen atoms in total. The number of hydrogen-bond donors (Lipinski definition) is 0. The van der Waals surface area contributed by atoms with E-state index in [0.717, 1.165) is 64.4 Å². The van der Waals surface area contributed by atoms with Gasteiger partial charge in [0.15, 0.2) is 0 Å². The monoisotopic (exact) mass is 762 g/mol. The third kappa shape index (κ3) is 10.3. The van der Waals surface area contributed by atoms with Crippen molar-refractivity contribution >= 4 is 0 Å². The lowest BCUT2D eigenvalue weighted by atomic mass is 10.1. The van der Waals surface area contributed by atoms with Crippen molar-refractivity contribution in [2.24, 2.45) is 0 Å². The Balaban J connectivity index is 0.000000208. The molecule has 0 radical (unpaired) electrons. The van der Waals surface area contributed by atoms with E-state index in [0.29, 0.717) is 42.3 Å². The van der Waals surface area contributed by atoms with Crippen molar-refractivity contribution in [3.8, 4) is 34.3 Å². The maximum Gasteiger partial charge on any atom is 0.471 e. The van der Waals surface area contributed by atoms with Gasteiger partial charge in [0.2, 0.25) is 11.6 Å². The fourth-order valence-electron chi connectivity index (χ4n) is 5.44. The Morgan fingerprint density at radius 2 is 1.00 bits per heavy atom. The zero-order chi connectivity index (χ0) is 39.2. The Morgan fingerprint density at radius 1 is 0.537 bits per heavy atom. The van der Waals surface area contributed by atoms with E-state index < -0.39 is 24.1 Å². The molecule has 54 heavy (non-hydrogen) atoms. The summed E-state index contributed by atoms with van der Waals surface area (Å²) in [5, 5.41) is 14.6. The number of nitrogens with zero attached hydrogens (tertiary/aromatic N) is 6. The van der Waals surface area contributed by atoms with Gasteiger partial charge >= 0.3 is 24.1 Å². The first-order chi connectivity index (χ1) is 25.5. The van der Waals surface area contributed by atoms with Gasteiger partial charge in [0.1, 0.15) is 23.0 Å². The summed E-state index contributed by atoms with van der Waals surface area (Å²) >= 11 is 0. The van der Waals surface area contributed by atoms with Crippen LogP contribution in [0.3, 0.4) is 0 Å². The van der Waals surface area contributed by atoms with E-state index in [1.165, 1.54) is 0 Å². The predicted molar refractivity (Wildman–Crippen MR) is 179 cm³/mol. The van der Waals surface area contributed by atoms with Crippen LogP contribution in [0.25, 0.3) is 22.8 Å².